The highest BCUT2D eigenvalue weighted by molar-refractivity contribution is 9.10. The van der Waals surface area contributed by atoms with E-state index in [1.165, 1.54) is 11.7 Å². The SMILES string of the molecule is Cn1nnc(Br)c1S(=O)(=O)NCc1ccc2c(c1)OCO2. The Kier molecular flexibility index (Phi) is 3.59. The molecule has 0 saturated heterocycles. The average molecular weight is 375 g/mol. The maximum Gasteiger partial charge on any atom is 0.260 e. The normalized spacial score (nSPS) is 13.6. The van der Waals surface area contributed by atoms with Gasteiger partial charge >= 0.3 is 0 Å². The lowest BCUT2D eigenvalue weighted by Gasteiger charge is -2.07. The number of sulfonamides is 1. The Bertz CT molecular complexity index is 770. The summed E-state index contributed by atoms with van der Waals surface area (Å²) in [6.45, 7) is 0.300. The minimum Gasteiger partial charge on any atom is -0.454 e. The Balaban J connectivity index is 1.78. The summed E-state index contributed by atoms with van der Waals surface area (Å²) in [5.74, 6) is 1.26. The first-order valence-electron chi connectivity index (χ1n) is 5.91. The van der Waals surface area contributed by atoms with Crippen molar-refractivity contribution in [2.45, 2.75) is 11.6 Å². The Hall–Kier alpha value is -1.65. The summed E-state index contributed by atoms with van der Waals surface area (Å²) in [4.78, 5) is 0. The van der Waals surface area contributed by atoms with Gasteiger partial charge in [0.05, 0.1) is 0 Å². The van der Waals surface area contributed by atoms with Gasteiger partial charge in [-0.15, -0.1) is 5.10 Å². The van der Waals surface area contributed by atoms with E-state index in [4.69, 9.17) is 9.47 Å². The number of nitrogens with zero attached hydrogens (tertiary/aromatic N) is 3. The van der Waals surface area contributed by atoms with Crippen LogP contribution in [0, 0.1) is 0 Å². The van der Waals surface area contributed by atoms with Gasteiger partial charge in [0.1, 0.15) is 0 Å². The molecule has 21 heavy (non-hydrogen) atoms. The predicted molar refractivity (Wildman–Crippen MR) is 75.3 cm³/mol. The first-order chi connectivity index (χ1) is 9.97. The molecule has 0 spiro atoms. The number of nitrogens with one attached hydrogen (secondary N) is 1. The second-order valence-electron chi connectivity index (χ2n) is 4.32. The molecule has 0 saturated carbocycles. The molecule has 0 radical (unpaired) electrons. The zero-order valence-electron chi connectivity index (χ0n) is 10.9. The second-order valence-corrected chi connectivity index (χ2v) is 6.75. The van der Waals surface area contributed by atoms with Gasteiger partial charge in [-0.3, -0.25) is 0 Å². The first-order valence-corrected chi connectivity index (χ1v) is 8.18. The van der Waals surface area contributed by atoms with Crippen LogP contribution in [0.25, 0.3) is 0 Å². The molecule has 8 nitrogen and oxygen atoms in total. The van der Waals surface area contributed by atoms with Gasteiger partial charge in [-0.25, -0.2) is 17.8 Å². The molecular formula is C11H11BrN4O4S. The Labute approximate surface area is 129 Å². The van der Waals surface area contributed by atoms with Crippen LogP contribution < -0.4 is 14.2 Å². The van der Waals surface area contributed by atoms with Crippen molar-refractivity contribution in [3.63, 3.8) is 0 Å². The molecule has 0 amide bonds. The van der Waals surface area contributed by atoms with Crippen molar-refractivity contribution in [3.05, 3.63) is 28.4 Å². The number of benzene rings is 1. The Morgan fingerprint density at radius 3 is 2.86 bits per heavy atom. The van der Waals surface area contributed by atoms with E-state index in [1.54, 1.807) is 18.2 Å². The third kappa shape index (κ3) is 2.74. The van der Waals surface area contributed by atoms with Gasteiger partial charge < -0.3 is 9.47 Å². The maximum absolute atomic E-state index is 12.2. The molecule has 10 heteroatoms. The van der Waals surface area contributed by atoms with Crippen molar-refractivity contribution >= 4 is 26.0 Å². The van der Waals surface area contributed by atoms with Crippen molar-refractivity contribution in [3.8, 4) is 11.5 Å². The number of halogens is 1. The van der Waals surface area contributed by atoms with Crippen LogP contribution in [0.2, 0.25) is 0 Å². The molecule has 0 fully saturated rings. The van der Waals surface area contributed by atoms with Crippen molar-refractivity contribution in [1.82, 2.24) is 19.7 Å². The number of fused-ring (bicyclic) bond motifs is 1. The Morgan fingerprint density at radius 1 is 1.38 bits per heavy atom. The molecule has 2 aromatic rings. The largest absolute Gasteiger partial charge is 0.454 e. The van der Waals surface area contributed by atoms with Crippen LogP contribution >= 0.6 is 15.9 Å². The lowest BCUT2D eigenvalue weighted by Crippen LogP contribution is -2.25. The first kappa shape index (κ1) is 14.3. The van der Waals surface area contributed by atoms with Crippen LogP contribution in [0.5, 0.6) is 11.5 Å². The molecule has 0 atom stereocenters. The third-order valence-electron chi connectivity index (χ3n) is 2.89. The Morgan fingerprint density at radius 2 is 2.14 bits per heavy atom. The van der Waals surface area contributed by atoms with Gasteiger partial charge in [-0.2, -0.15) is 0 Å². The van der Waals surface area contributed by atoms with Crippen LogP contribution in [0.15, 0.2) is 27.8 Å². The van der Waals surface area contributed by atoms with Gasteiger partial charge in [0, 0.05) is 13.6 Å². The number of ether oxygens (including phenoxy) is 2. The molecule has 1 aromatic carbocycles. The quantitative estimate of drug-likeness (QED) is 0.849. The molecule has 0 unspecified atom stereocenters. The monoisotopic (exact) mass is 374 g/mol. The minimum absolute atomic E-state index is 0.0248. The summed E-state index contributed by atoms with van der Waals surface area (Å²) < 4.78 is 38.8. The van der Waals surface area contributed by atoms with Crippen molar-refractivity contribution in [1.29, 1.82) is 0 Å². The molecule has 3 rings (SSSR count). The fourth-order valence-electron chi connectivity index (χ4n) is 1.91. The lowest BCUT2D eigenvalue weighted by molar-refractivity contribution is 0.174. The van der Waals surface area contributed by atoms with E-state index >= 15 is 0 Å². The average Bonchev–Trinajstić information content (AvgIpc) is 3.02. The number of hydrogen-bond acceptors (Lipinski definition) is 6. The zero-order valence-corrected chi connectivity index (χ0v) is 13.3. The van der Waals surface area contributed by atoms with Crippen molar-refractivity contribution in [2.75, 3.05) is 6.79 Å². The van der Waals surface area contributed by atoms with Crippen LogP contribution in [0.1, 0.15) is 5.56 Å². The molecule has 1 aromatic heterocycles. The number of rotatable bonds is 4. The second kappa shape index (κ2) is 5.28. The van der Waals surface area contributed by atoms with Gasteiger partial charge in [-0.1, -0.05) is 11.3 Å². The van der Waals surface area contributed by atoms with E-state index in [2.05, 4.69) is 31.0 Å². The standard InChI is InChI=1S/C11H11BrN4O4S/c1-16-11(10(12)14-15-16)21(17,18)13-5-7-2-3-8-9(4-7)20-6-19-8/h2-4,13H,5-6H2,1H3. The van der Waals surface area contributed by atoms with E-state index in [9.17, 15) is 8.42 Å². The summed E-state index contributed by atoms with van der Waals surface area (Å²) >= 11 is 3.07. The molecule has 1 aliphatic rings. The van der Waals surface area contributed by atoms with E-state index in [1.807, 2.05) is 0 Å². The summed E-state index contributed by atoms with van der Waals surface area (Å²) in [6.07, 6.45) is 0. The lowest BCUT2D eigenvalue weighted by atomic mass is 10.2. The molecule has 2 heterocycles. The van der Waals surface area contributed by atoms with Crippen LogP contribution in [-0.2, 0) is 23.6 Å². The van der Waals surface area contributed by atoms with Crippen LogP contribution in [0.3, 0.4) is 0 Å². The van der Waals surface area contributed by atoms with E-state index < -0.39 is 10.0 Å². The number of hydrogen-bond donors (Lipinski definition) is 1. The highest BCUT2D eigenvalue weighted by Gasteiger charge is 2.23. The van der Waals surface area contributed by atoms with Crippen molar-refractivity contribution < 1.29 is 17.9 Å². The maximum atomic E-state index is 12.2. The van der Waals surface area contributed by atoms with Crippen LogP contribution in [-0.4, -0.2) is 30.2 Å². The highest BCUT2D eigenvalue weighted by Crippen LogP contribution is 2.32. The predicted octanol–water partition coefficient (Wildman–Crippen LogP) is 0.785. The molecule has 1 aliphatic heterocycles. The highest BCUT2D eigenvalue weighted by atomic mass is 79.9. The molecule has 112 valence electrons. The fraction of sp³-hybridized carbons (Fsp3) is 0.273. The third-order valence-corrected chi connectivity index (χ3v) is 5.18. The van der Waals surface area contributed by atoms with E-state index in [0.717, 1.165) is 5.56 Å². The van der Waals surface area contributed by atoms with Crippen molar-refractivity contribution in [2.24, 2.45) is 7.05 Å². The topological polar surface area (TPSA) is 95.3 Å². The van der Waals surface area contributed by atoms with Gasteiger partial charge in [0.25, 0.3) is 10.0 Å². The van der Waals surface area contributed by atoms with Gasteiger partial charge in [0.2, 0.25) is 11.8 Å². The van der Waals surface area contributed by atoms with Gasteiger partial charge in [-0.05, 0) is 33.6 Å². The number of aromatic nitrogens is 3. The van der Waals surface area contributed by atoms with E-state index in [-0.39, 0.29) is 23.0 Å². The summed E-state index contributed by atoms with van der Waals surface area (Å²) in [7, 11) is -2.21. The van der Waals surface area contributed by atoms with E-state index in [0.29, 0.717) is 11.5 Å². The summed E-state index contributed by atoms with van der Waals surface area (Å²) in [5, 5.41) is 7.28. The summed E-state index contributed by atoms with van der Waals surface area (Å²) in [6, 6.07) is 5.25. The molecule has 0 aliphatic carbocycles. The zero-order chi connectivity index (χ0) is 15.0. The fourth-order valence-corrected chi connectivity index (χ4v) is 4.01. The van der Waals surface area contributed by atoms with Gasteiger partial charge in [0.15, 0.2) is 16.1 Å². The number of aryl methyl sites for hydroxylation is 1. The molecule has 1 N–H and O–H groups in total. The van der Waals surface area contributed by atoms with Crippen LogP contribution in [0.4, 0.5) is 0 Å². The molecular weight excluding hydrogens is 364 g/mol. The smallest absolute Gasteiger partial charge is 0.260 e. The summed E-state index contributed by atoms with van der Waals surface area (Å²) in [5.41, 5.74) is 0.758. The molecule has 0 bridgehead atoms. The minimum atomic E-state index is -3.72.